The summed E-state index contributed by atoms with van der Waals surface area (Å²) >= 11 is 0. The topological polar surface area (TPSA) is 204 Å². The summed E-state index contributed by atoms with van der Waals surface area (Å²) < 4.78 is 31.9. The Hall–Kier alpha value is -5.85. The van der Waals surface area contributed by atoms with Crippen LogP contribution < -0.4 is 30.7 Å². The van der Waals surface area contributed by atoms with Gasteiger partial charge in [0.1, 0.15) is 31.1 Å². The standard InChI is InChI=1S/C42H50N10O7/c1-25(28-11-7-5-8-12-28)43-23-56-24-44-34-21-32-38(27(3)45-34)40(58-18-16-53)51-52(32)36-19-30(15-17-57-36)59-39-37-26(2)46-35(20-31(37)49-50-39)47-41(54)48-42(22-33(42)55-4)29-13-9-6-10-14-29/h5-14,20-21,25,30,33,36,43,53H,15-19,22-24H2,1-4H3,(H,44,45)(H,49,50)(H2,46,47,48,54)/t25?,30?,33-,36?,42?/m0/s1. The molecule has 17 nitrogen and oxygen atoms in total. The van der Waals surface area contributed by atoms with Crippen LogP contribution in [0.3, 0.4) is 0 Å². The number of aromatic amines is 1. The third kappa shape index (κ3) is 8.65. The molecule has 2 amide bonds. The van der Waals surface area contributed by atoms with Crippen LogP contribution in [0.15, 0.2) is 72.8 Å². The molecule has 4 aromatic heterocycles. The normalized spacial score (nSPS) is 20.7. The molecule has 2 aliphatic rings. The molecule has 310 valence electrons. The van der Waals surface area contributed by atoms with Gasteiger partial charge in [-0.1, -0.05) is 60.7 Å². The lowest BCUT2D eigenvalue weighted by Crippen LogP contribution is -2.40. The number of aliphatic hydroxyl groups excluding tert-OH is 1. The van der Waals surface area contributed by atoms with Crippen molar-refractivity contribution >= 4 is 39.5 Å². The van der Waals surface area contributed by atoms with Crippen LogP contribution >= 0.6 is 0 Å². The number of nitrogens with one attached hydrogen (secondary N) is 5. The third-order valence-corrected chi connectivity index (χ3v) is 10.8. The molecule has 1 saturated carbocycles. The van der Waals surface area contributed by atoms with E-state index in [2.05, 4.69) is 55.5 Å². The summed E-state index contributed by atoms with van der Waals surface area (Å²) in [5.41, 5.74) is 4.32. The van der Waals surface area contributed by atoms with Gasteiger partial charge < -0.3 is 39.4 Å². The highest BCUT2D eigenvalue weighted by atomic mass is 16.5. The molecule has 5 atom stereocenters. The summed E-state index contributed by atoms with van der Waals surface area (Å²) in [5, 5.41) is 36.0. The molecule has 17 heteroatoms. The maximum atomic E-state index is 13.2. The van der Waals surface area contributed by atoms with E-state index in [1.807, 2.05) is 68.4 Å². The van der Waals surface area contributed by atoms with Crippen LogP contribution in [0.25, 0.3) is 21.8 Å². The Bertz CT molecular complexity index is 2380. The fourth-order valence-electron chi connectivity index (χ4n) is 7.72. The number of fused-ring (bicyclic) bond motifs is 2. The number of benzene rings is 2. The number of pyridine rings is 2. The Morgan fingerprint density at radius 2 is 1.78 bits per heavy atom. The smallest absolute Gasteiger partial charge is 0.321 e. The minimum atomic E-state index is -0.601. The van der Waals surface area contributed by atoms with Crippen molar-refractivity contribution in [2.75, 3.05) is 51.0 Å². The average Bonchev–Trinajstić information content (AvgIpc) is 3.60. The van der Waals surface area contributed by atoms with Crippen LogP contribution in [0.1, 0.15) is 61.0 Å². The van der Waals surface area contributed by atoms with E-state index in [-0.39, 0.29) is 44.2 Å². The predicted octanol–water partition coefficient (Wildman–Crippen LogP) is 5.58. The van der Waals surface area contributed by atoms with E-state index < -0.39 is 11.8 Å². The summed E-state index contributed by atoms with van der Waals surface area (Å²) in [6, 6.07) is 23.4. The molecule has 0 bridgehead atoms. The van der Waals surface area contributed by atoms with Gasteiger partial charge in [0.05, 0.1) is 64.8 Å². The quantitative estimate of drug-likeness (QED) is 0.0493. The lowest BCUT2D eigenvalue weighted by molar-refractivity contribution is -0.0778. The van der Waals surface area contributed by atoms with E-state index in [1.54, 1.807) is 17.9 Å². The molecule has 5 heterocycles. The molecule has 0 radical (unpaired) electrons. The number of carbonyl (C=O) groups excluding carboxylic acids is 1. The van der Waals surface area contributed by atoms with Crippen molar-refractivity contribution < 1.29 is 33.6 Å². The van der Waals surface area contributed by atoms with Crippen molar-refractivity contribution in [2.24, 2.45) is 0 Å². The predicted molar refractivity (Wildman–Crippen MR) is 220 cm³/mol. The fraction of sp³-hybridized carbons (Fsp3) is 0.405. The molecule has 4 unspecified atom stereocenters. The molecule has 1 aliphatic heterocycles. The number of aliphatic hydroxyl groups is 1. The molecule has 6 aromatic rings. The monoisotopic (exact) mass is 806 g/mol. The Kier molecular flexibility index (Phi) is 11.9. The number of carbonyl (C=O) groups is 1. The van der Waals surface area contributed by atoms with Gasteiger partial charge in [0.25, 0.3) is 0 Å². The highest BCUT2D eigenvalue weighted by molar-refractivity contribution is 5.94. The van der Waals surface area contributed by atoms with E-state index in [0.29, 0.717) is 72.9 Å². The van der Waals surface area contributed by atoms with Crippen molar-refractivity contribution in [3.05, 3.63) is 95.3 Å². The number of nitrogens with zero attached hydrogens (tertiary/aromatic N) is 5. The Morgan fingerprint density at radius 1 is 1.02 bits per heavy atom. The van der Waals surface area contributed by atoms with Crippen LogP contribution in [-0.4, -0.2) is 93.7 Å². The van der Waals surface area contributed by atoms with Crippen molar-refractivity contribution in [1.82, 2.24) is 40.6 Å². The molecular formula is C42H50N10O7. The molecule has 1 aliphatic carbocycles. The second kappa shape index (κ2) is 17.6. The SMILES string of the molecule is CO[C@H]1CC1(NC(=O)Nc1cc2[nH]nc(OC3CCOC(n4nc(OCCO)c5c(C)nc(NCOCNC(C)c6ccccc6)cc54)C3)c2c(C)n1)c1ccccc1. The van der Waals surface area contributed by atoms with Gasteiger partial charge in [-0.25, -0.2) is 19.4 Å². The number of aryl methyl sites for hydroxylation is 2. The van der Waals surface area contributed by atoms with Gasteiger partial charge in [0.2, 0.25) is 11.8 Å². The van der Waals surface area contributed by atoms with Crippen molar-refractivity contribution in [1.29, 1.82) is 0 Å². The summed E-state index contributed by atoms with van der Waals surface area (Å²) in [5.74, 6) is 1.74. The first-order chi connectivity index (χ1) is 28.8. The first kappa shape index (κ1) is 40.0. The van der Waals surface area contributed by atoms with Crippen LogP contribution in [0.4, 0.5) is 16.4 Å². The van der Waals surface area contributed by atoms with Crippen LogP contribution in [0.2, 0.25) is 0 Å². The fourth-order valence-corrected chi connectivity index (χ4v) is 7.72. The zero-order valence-electron chi connectivity index (χ0n) is 33.5. The molecule has 2 fully saturated rings. The molecule has 6 N–H and O–H groups in total. The lowest BCUT2D eigenvalue weighted by Gasteiger charge is -2.30. The van der Waals surface area contributed by atoms with Gasteiger partial charge >= 0.3 is 6.03 Å². The third-order valence-electron chi connectivity index (χ3n) is 10.8. The van der Waals surface area contributed by atoms with E-state index in [9.17, 15) is 9.90 Å². The van der Waals surface area contributed by atoms with Gasteiger partial charge in [0, 0.05) is 44.5 Å². The lowest BCUT2D eigenvalue weighted by atomic mass is 10.0. The van der Waals surface area contributed by atoms with E-state index in [1.165, 1.54) is 5.56 Å². The number of anilines is 2. The number of ether oxygens (including phenoxy) is 5. The van der Waals surface area contributed by atoms with Crippen molar-refractivity contribution in [3.8, 4) is 11.8 Å². The van der Waals surface area contributed by atoms with E-state index in [0.717, 1.165) is 21.9 Å². The maximum absolute atomic E-state index is 13.2. The summed E-state index contributed by atoms with van der Waals surface area (Å²) in [6.45, 7) is 6.74. The summed E-state index contributed by atoms with van der Waals surface area (Å²) in [7, 11) is 1.65. The number of methoxy groups -OCH3 is 1. The second-order valence-electron chi connectivity index (χ2n) is 14.8. The average molecular weight is 807 g/mol. The maximum Gasteiger partial charge on any atom is 0.321 e. The number of rotatable bonds is 17. The Morgan fingerprint density at radius 3 is 2.54 bits per heavy atom. The Labute approximate surface area is 341 Å². The molecule has 1 saturated heterocycles. The molecule has 0 spiro atoms. The van der Waals surface area contributed by atoms with Gasteiger partial charge in [-0.05, 0) is 31.9 Å². The van der Waals surface area contributed by atoms with Crippen molar-refractivity contribution in [3.63, 3.8) is 0 Å². The van der Waals surface area contributed by atoms with Crippen LogP contribution in [0, 0.1) is 13.8 Å². The molecular weight excluding hydrogens is 757 g/mol. The highest BCUT2D eigenvalue weighted by Crippen LogP contribution is 2.48. The molecule has 8 rings (SSSR count). The largest absolute Gasteiger partial charge is 0.474 e. The number of urea groups is 1. The van der Waals surface area contributed by atoms with Gasteiger partial charge in [0.15, 0.2) is 6.23 Å². The highest BCUT2D eigenvalue weighted by Gasteiger charge is 2.57. The summed E-state index contributed by atoms with van der Waals surface area (Å²) in [6.07, 6.45) is 0.860. The summed E-state index contributed by atoms with van der Waals surface area (Å²) in [4.78, 5) is 22.7. The minimum Gasteiger partial charge on any atom is -0.474 e. The first-order valence-corrected chi connectivity index (χ1v) is 19.8. The second-order valence-corrected chi connectivity index (χ2v) is 14.8. The van der Waals surface area contributed by atoms with Gasteiger partial charge in [-0.3, -0.25) is 15.7 Å². The number of hydrogen-bond acceptors (Lipinski definition) is 13. The number of aromatic nitrogens is 6. The van der Waals surface area contributed by atoms with Crippen LogP contribution in [0.5, 0.6) is 11.8 Å². The zero-order chi connectivity index (χ0) is 40.9. The van der Waals surface area contributed by atoms with Crippen molar-refractivity contribution in [2.45, 2.75) is 70.1 Å². The number of H-pyrrole nitrogens is 1. The number of amides is 2. The Balaban J connectivity index is 0.936. The van der Waals surface area contributed by atoms with E-state index in [4.69, 9.17) is 33.8 Å². The van der Waals surface area contributed by atoms with Gasteiger partial charge in [-0.15, -0.1) is 10.2 Å². The van der Waals surface area contributed by atoms with E-state index >= 15 is 0 Å². The molecule has 2 aromatic carbocycles. The first-order valence-electron chi connectivity index (χ1n) is 19.8. The van der Waals surface area contributed by atoms with Crippen LogP contribution in [-0.2, 0) is 19.7 Å². The van der Waals surface area contributed by atoms with Gasteiger partial charge in [-0.2, -0.15) is 0 Å². The molecule has 59 heavy (non-hydrogen) atoms. The zero-order valence-corrected chi connectivity index (χ0v) is 33.5. The minimum absolute atomic E-state index is 0.0787. The number of hydrogen-bond donors (Lipinski definition) is 6.